The van der Waals surface area contributed by atoms with E-state index in [9.17, 15) is 22.0 Å². The van der Waals surface area contributed by atoms with Crippen LogP contribution in [0.1, 0.15) is 32.6 Å². The number of hydrogen-bond donors (Lipinski definition) is 0. The summed E-state index contributed by atoms with van der Waals surface area (Å²) in [6.45, 7) is 2.29. The number of nitrogens with zero attached hydrogens (tertiary/aromatic N) is 2. The zero-order valence-electron chi connectivity index (χ0n) is 15.0. The maximum atomic E-state index is 13.9. The summed E-state index contributed by atoms with van der Waals surface area (Å²) in [5.74, 6) is -1.39. The van der Waals surface area contributed by atoms with Gasteiger partial charge in [-0.2, -0.15) is 4.31 Å². The number of carbonyl (C=O) groups excluding carboxylic acids is 1. The third kappa shape index (κ3) is 3.76. The van der Waals surface area contributed by atoms with Crippen molar-refractivity contribution < 1.29 is 22.0 Å². The fourth-order valence-corrected chi connectivity index (χ4v) is 5.09. The number of amides is 1. The monoisotopic (exact) mass is 386 g/mol. The predicted octanol–water partition coefficient (Wildman–Crippen LogP) is 2.62. The van der Waals surface area contributed by atoms with Crippen molar-refractivity contribution in [3.63, 3.8) is 0 Å². The molecule has 0 aromatic heterocycles. The second-order valence-corrected chi connectivity index (χ2v) is 9.19. The molecule has 1 heterocycles. The number of piperidine rings is 1. The van der Waals surface area contributed by atoms with Gasteiger partial charge in [-0.05, 0) is 56.7 Å². The van der Waals surface area contributed by atoms with Gasteiger partial charge in [-0.25, -0.2) is 17.2 Å². The zero-order chi connectivity index (χ0) is 19.1. The standard InChI is InChI=1S/C18H24F2N2O3S/c1-12(13-3-4-13)21(2)18(23)14-7-9-22(10-8-14)26(24,25)17-11-15(19)5-6-16(17)20/h5-6,11-14H,3-4,7-10H2,1-2H3. The number of halogens is 2. The van der Waals surface area contributed by atoms with Crippen LogP contribution >= 0.6 is 0 Å². The van der Waals surface area contributed by atoms with Crippen molar-refractivity contribution in [2.24, 2.45) is 11.8 Å². The van der Waals surface area contributed by atoms with Crippen LogP contribution in [-0.4, -0.2) is 49.7 Å². The van der Waals surface area contributed by atoms with E-state index in [1.807, 2.05) is 6.92 Å². The molecule has 1 aromatic rings. The second-order valence-electron chi connectivity index (χ2n) is 7.28. The van der Waals surface area contributed by atoms with Gasteiger partial charge in [0, 0.05) is 32.1 Å². The molecular formula is C18H24F2N2O3S. The summed E-state index contributed by atoms with van der Waals surface area (Å²) in [5.41, 5.74) is 0. The van der Waals surface area contributed by atoms with Crippen molar-refractivity contribution in [3.8, 4) is 0 Å². The summed E-state index contributed by atoms with van der Waals surface area (Å²) in [6.07, 6.45) is 3.07. The van der Waals surface area contributed by atoms with Gasteiger partial charge in [-0.15, -0.1) is 0 Å². The lowest BCUT2D eigenvalue weighted by atomic mass is 9.96. The highest BCUT2D eigenvalue weighted by atomic mass is 32.2. The maximum Gasteiger partial charge on any atom is 0.246 e. The molecule has 144 valence electrons. The van der Waals surface area contributed by atoms with Crippen LogP contribution < -0.4 is 0 Å². The Balaban J connectivity index is 1.66. The number of rotatable bonds is 5. The van der Waals surface area contributed by atoms with Crippen molar-refractivity contribution in [1.82, 2.24) is 9.21 Å². The summed E-state index contributed by atoms with van der Waals surface area (Å²) in [5, 5.41) is 0. The number of sulfonamides is 1. The van der Waals surface area contributed by atoms with Crippen molar-refractivity contribution in [2.45, 2.75) is 43.5 Å². The van der Waals surface area contributed by atoms with Crippen LogP contribution in [-0.2, 0) is 14.8 Å². The first-order valence-electron chi connectivity index (χ1n) is 8.93. The van der Waals surface area contributed by atoms with Gasteiger partial charge in [0.2, 0.25) is 15.9 Å². The summed E-state index contributed by atoms with van der Waals surface area (Å²) in [7, 11) is -2.31. The van der Waals surface area contributed by atoms with Gasteiger partial charge in [-0.3, -0.25) is 4.79 Å². The van der Waals surface area contributed by atoms with Gasteiger partial charge in [0.1, 0.15) is 16.5 Å². The van der Waals surface area contributed by atoms with Crippen LogP contribution in [0.3, 0.4) is 0 Å². The van der Waals surface area contributed by atoms with Crippen molar-refractivity contribution >= 4 is 15.9 Å². The lowest BCUT2D eigenvalue weighted by molar-refractivity contribution is -0.137. The van der Waals surface area contributed by atoms with Gasteiger partial charge < -0.3 is 4.90 Å². The third-order valence-corrected chi connectivity index (χ3v) is 7.49. The lowest BCUT2D eigenvalue weighted by Crippen LogP contribution is -2.46. The van der Waals surface area contributed by atoms with E-state index in [2.05, 4.69) is 0 Å². The molecule has 1 atom stereocenters. The highest BCUT2D eigenvalue weighted by Crippen LogP contribution is 2.36. The molecule has 1 aromatic carbocycles. The molecule has 0 bridgehead atoms. The van der Waals surface area contributed by atoms with Crippen molar-refractivity contribution in [2.75, 3.05) is 20.1 Å². The minimum atomic E-state index is -4.11. The van der Waals surface area contributed by atoms with Gasteiger partial charge in [-0.1, -0.05) is 0 Å². The van der Waals surface area contributed by atoms with Crippen LogP contribution in [0.4, 0.5) is 8.78 Å². The molecule has 3 rings (SSSR count). The predicted molar refractivity (Wildman–Crippen MR) is 92.8 cm³/mol. The first-order valence-corrected chi connectivity index (χ1v) is 10.4. The molecule has 8 heteroatoms. The Hall–Kier alpha value is -1.54. The molecular weight excluding hydrogens is 362 g/mol. The first kappa shape index (κ1) is 19.2. The van der Waals surface area contributed by atoms with E-state index in [-0.39, 0.29) is 31.0 Å². The Bertz CT molecular complexity index is 788. The fourth-order valence-electron chi connectivity index (χ4n) is 3.54. The molecule has 1 saturated heterocycles. The highest BCUT2D eigenvalue weighted by Gasteiger charge is 2.38. The van der Waals surface area contributed by atoms with E-state index in [1.54, 1.807) is 11.9 Å². The molecule has 1 saturated carbocycles. The maximum absolute atomic E-state index is 13.9. The number of benzene rings is 1. The minimum absolute atomic E-state index is 0.0402. The molecule has 2 fully saturated rings. The molecule has 26 heavy (non-hydrogen) atoms. The Kier molecular flexibility index (Phi) is 5.35. The molecule has 1 aliphatic heterocycles. The van der Waals surface area contributed by atoms with E-state index < -0.39 is 26.6 Å². The molecule has 1 amide bonds. The van der Waals surface area contributed by atoms with Crippen LogP contribution in [0.2, 0.25) is 0 Å². The average molecular weight is 386 g/mol. The van der Waals surface area contributed by atoms with Crippen LogP contribution in [0.5, 0.6) is 0 Å². The van der Waals surface area contributed by atoms with Crippen LogP contribution in [0, 0.1) is 23.5 Å². The highest BCUT2D eigenvalue weighted by molar-refractivity contribution is 7.89. The average Bonchev–Trinajstić information content (AvgIpc) is 3.47. The van der Waals surface area contributed by atoms with E-state index in [0.717, 1.165) is 29.3 Å². The van der Waals surface area contributed by atoms with Crippen LogP contribution in [0.25, 0.3) is 0 Å². The molecule has 0 spiro atoms. The Labute approximate surface area is 153 Å². The SMILES string of the molecule is CC(C1CC1)N(C)C(=O)C1CCN(S(=O)(=O)c2cc(F)ccc2F)CC1. The van der Waals surface area contributed by atoms with E-state index in [4.69, 9.17) is 0 Å². The molecule has 1 unspecified atom stereocenters. The Morgan fingerprint density at radius 1 is 1.19 bits per heavy atom. The molecule has 2 aliphatic rings. The van der Waals surface area contributed by atoms with Crippen LogP contribution in [0.15, 0.2) is 23.1 Å². The topological polar surface area (TPSA) is 57.7 Å². The smallest absolute Gasteiger partial charge is 0.246 e. The van der Waals surface area contributed by atoms with E-state index in [1.165, 1.54) is 0 Å². The third-order valence-electron chi connectivity index (χ3n) is 5.58. The molecule has 5 nitrogen and oxygen atoms in total. The summed E-state index contributed by atoms with van der Waals surface area (Å²) < 4.78 is 53.6. The van der Waals surface area contributed by atoms with E-state index in [0.29, 0.717) is 24.8 Å². The van der Waals surface area contributed by atoms with E-state index >= 15 is 0 Å². The normalized spacial score (nSPS) is 20.8. The van der Waals surface area contributed by atoms with Crippen molar-refractivity contribution in [1.29, 1.82) is 0 Å². The first-order chi connectivity index (χ1) is 12.2. The van der Waals surface area contributed by atoms with Gasteiger partial charge in [0.25, 0.3) is 0 Å². The molecule has 0 N–H and O–H groups in total. The van der Waals surface area contributed by atoms with Crippen molar-refractivity contribution in [3.05, 3.63) is 29.8 Å². The number of hydrogen-bond acceptors (Lipinski definition) is 3. The number of carbonyl (C=O) groups is 1. The Morgan fingerprint density at radius 2 is 1.81 bits per heavy atom. The Morgan fingerprint density at radius 3 is 2.38 bits per heavy atom. The van der Waals surface area contributed by atoms with Gasteiger partial charge in [0.15, 0.2) is 0 Å². The summed E-state index contributed by atoms with van der Waals surface area (Å²) in [4.78, 5) is 13.8. The van der Waals surface area contributed by atoms with Gasteiger partial charge >= 0.3 is 0 Å². The molecule has 0 radical (unpaired) electrons. The summed E-state index contributed by atoms with van der Waals surface area (Å²) >= 11 is 0. The second kappa shape index (κ2) is 7.23. The minimum Gasteiger partial charge on any atom is -0.343 e. The zero-order valence-corrected chi connectivity index (χ0v) is 15.8. The quantitative estimate of drug-likeness (QED) is 0.782. The lowest BCUT2D eigenvalue weighted by Gasteiger charge is -2.34. The van der Waals surface area contributed by atoms with Gasteiger partial charge in [0.05, 0.1) is 0 Å². The fraction of sp³-hybridized carbons (Fsp3) is 0.611. The largest absolute Gasteiger partial charge is 0.343 e. The molecule has 1 aliphatic carbocycles. The summed E-state index contributed by atoms with van der Waals surface area (Å²) in [6, 6.07) is 2.60.